The number of methoxy groups -OCH3 is 1. The number of rotatable bonds is 12. The Kier molecular flexibility index (Phi) is 11.6. The second-order valence-electron chi connectivity index (χ2n) is 7.69. The zero-order chi connectivity index (χ0) is 18.8. The number of carbonyl (C=O) groups excluding carboxylic acids is 1. The van der Waals surface area contributed by atoms with E-state index in [1.54, 1.807) is 0 Å². The first-order chi connectivity index (χ1) is 11.2. The fourth-order valence-electron chi connectivity index (χ4n) is 3.83. The van der Waals surface area contributed by atoms with Crippen LogP contribution in [0.15, 0.2) is 12.2 Å². The Hall–Kier alpha value is -0.613. The molecule has 4 heteroatoms. The van der Waals surface area contributed by atoms with E-state index in [-0.39, 0.29) is 12.1 Å². The summed E-state index contributed by atoms with van der Waals surface area (Å²) in [5.74, 6) is -0.180. The largest absolute Gasteiger partial charge is 0.469 e. The lowest BCUT2D eigenvalue weighted by molar-refractivity contribution is -0.142. The van der Waals surface area contributed by atoms with E-state index in [1.165, 1.54) is 20.0 Å². The van der Waals surface area contributed by atoms with Crippen LogP contribution >= 0.6 is 0 Å². The highest BCUT2D eigenvalue weighted by Gasteiger charge is 2.46. The minimum absolute atomic E-state index is 0.0748. The lowest BCUT2D eigenvalue weighted by Crippen LogP contribution is -2.50. The second kappa shape index (κ2) is 11.9. The molecule has 0 aromatic carbocycles. The van der Waals surface area contributed by atoms with E-state index in [0.29, 0.717) is 23.0 Å². The summed E-state index contributed by atoms with van der Waals surface area (Å²) in [6.45, 7) is 15.9. The first-order valence-electron chi connectivity index (χ1n) is 9.61. The molecule has 3 nitrogen and oxygen atoms in total. The van der Waals surface area contributed by atoms with Gasteiger partial charge in [-0.25, -0.2) is 0 Å². The molecule has 0 aliphatic heterocycles. The number of hydrogen-bond acceptors (Lipinski definition) is 3. The average molecular weight is 357 g/mol. The molecule has 0 saturated carbocycles. The summed E-state index contributed by atoms with van der Waals surface area (Å²) < 4.78 is 11.7. The third-order valence-electron chi connectivity index (χ3n) is 4.99. The minimum atomic E-state index is -1.99. The van der Waals surface area contributed by atoms with E-state index in [0.717, 1.165) is 12.8 Å². The summed E-state index contributed by atoms with van der Waals surface area (Å²) in [6, 6.07) is 0. The predicted octanol–water partition coefficient (Wildman–Crippen LogP) is 6.25. The molecule has 0 fully saturated rings. The third-order valence-corrected chi connectivity index (χ3v) is 11.1. The van der Waals surface area contributed by atoms with E-state index in [1.807, 2.05) is 0 Å². The molecule has 0 saturated heterocycles. The Morgan fingerprint density at radius 3 is 1.96 bits per heavy atom. The van der Waals surface area contributed by atoms with Gasteiger partial charge in [0.05, 0.1) is 19.6 Å². The molecule has 0 amide bonds. The van der Waals surface area contributed by atoms with Gasteiger partial charge in [-0.2, -0.15) is 0 Å². The van der Waals surface area contributed by atoms with Crippen LogP contribution in [0.5, 0.6) is 0 Å². The van der Waals surface area contributed by atoms with Gasteiger partial charge < -0.3 is 9.16 Å². The lowest BCUT2D eigenvalue weighted by Gasteiger charge is -2.44. The van der Waals surface area contributed by atoms with Crippen LogP contribution in [0.2, 0.25) is 16.6 Å². The van der Waals surface area contributed by atoms with E-state index >= 15 is 0 Å². The molecule has 24 heavy (non-hydrogen) atoms. The van der Waals surface area contributed by atoms with Crippen LogP contribution in [-0.4, -0.2) is 27.5 Å². The number of hydrogen-bond donors (Lipinski definition) is 0. The highest BCUT2D eigenvalue weighted by molar-refractivity contribution is 6.77. The first-order valence-corrected chi connectivity index (χ1v) is 11.8. The standard InChI is InChI=1S/C20H40O3Si/c1-9-10-11-12-13-14-19(15-20(21)22-8)23-24(16(2)3,17(4)5)18(6)7/h12-13,16-19H,9-11,14-15H2,1-8H3/b13-12+. The molecule has 0 radical (unpaired) electrons. The van der Waals surface area contributed by atoms with Gasteiger partial charge in [0.1, 0.15) is 0 Å². The van der Waals surface area contributed by atoms with Gasteiger partial charge in [0.2, 0.25) is 8.32 Å². The van der Waals surface area contributed by atoms with Crippen molar-refractivity contribution >= 4 is 14.3 Å². The quantitative estimate of drug-likeness (QED) is 0.179. The van der Waals surface area contributed by atoms with E-state index in [4.69, 9.17) is 9.16 Å². The maximum absolute atomic E-state index is 11.8. The van der Waals surface area contributed by atoms with Gasteiger partial charge in [0, 0.05) is 0 Å². The molecule has 0 bridgehead atoms. The van der Waals surface area contributed by atoms with Crippen LogP contribution in [-0.2, 0) is 14.0 Å². The van der Waals surface area contributed by atoms with E-state index in [2.05, 4.69) is 60.6 Å². The summed E-state index contributed by atoms with van der Waals surface area (Å²) in [4.78, 5) is 11.8. The van der Waals surface area contributed by atoms with Crippen molar-refractivity contribution in [3.05, 3.63) is 12.2 Å². The summed E-state index contributed by atoms with van der Waals surface area (Å²) in [5.41, 5.74) is 1.55. The molecule has 0 N–H and O–H groups in total. The van der Waals surface area contributed by atoms with Crippen molar-refractivity contribution in [3.63, 3.8) is 0 Å². The Balaban J connectivity index is 5.22. The fraction of sp³-hybridized carbons (Fsp3) is 0.850. The van der Waals surface area contributed by atoms with Gasteiger partial charge >= 0.3 is 5.97 Å². The molecule has 0 heterocycles. The van der Waals surface area contributed by atoms with Crippen molar-refractivity contribution in [1.82, 2.24) is 0 Å². The Bertz CT molecular complexity index is 353. The van der Waals surface area contributed by atoms with Crippen molar-refractivity contribution in [2.75, 3.05) is 7.11 Å². The fourth-order valence-corrected chi connectivity index (χ4v) is 9.40. The van der Waals surface area contributed by atoms with Gasteiger partial charge in [-0.1, -0.05) is 73.5 Å². The number of carbonyl (C=O) groups is 1. The molecular formula is C20H40O3Si. The summed E-state index contributed by atoms with van der Waals surface area (Å²) in [5, 5.41) is 0. The third kappa shape index (κ3) is 7.10. The van der Waals surface area contributed by atoms with Crippen molar-refractivity contribution in [1.29, 1.82) is 0 Å². The van der Waals surface area contributed by atoms with Crippen LogP contribution in [0.1, 0.15) is 80.6 Å². The molecular weight excluding hydrogens is 316 g/mol. The van der Waals surface area contributed by atoms with Crippen molar-refractivity contribution in [2.45, 2.75) is 103 Å². The zero-order valence-electron chi connectivity index (χ0n) is 17.2. The molecule has 1 unspecified atom stereocenters. The Morgan fingerprint density at radius 1 is 1.00 bits per heavy atom. The Labute approximate surface area is 151 Å². The first kappa shape index (κ1) is 23.4. The monoisotopic (exact) mass is 356 g/mol. The summed E-state index contributed by atoms with van der Waals surface area (Å²) >= 11 is 0. The normalized spacial score (nSPS) is 14.1. The van der Waals surface area contributed by atoms with Crippen LogP contribution in [0.3, 0.4) is 0 Å². The van der Waals surface area contributed by atoms with Gasteiger partial charge in [0.15, 0.2) is 0 Å². The Morgan fingerprint density at radius 2 is 1.54 bits per heavy atom. The van der Waals surface area contributed by atoms with E-state index < -0.39 is 8.32 Å². The minimum Gasteiger partial charge on any atom is -0.469 e. The van der Waals surface area contributed by atoms with E-state index in [9.17, 15) is 4.79 Å². The number of unbranched alkanes of at least 4 members (excludes halogenated alkanes) is 2. The maximum Gasteiger partial charge on any atom is 0.308 e. The smallest absolute Gasteiger partial charge is 0.308 e. The zero-order valence-corrected chi connectivity index (χ0v) is 18.2. The number of esters is 1. The van der Waals surface area contributed by atoms with Gasteiger partial charge in [-0.3, -0.25) is 4.79 Å². The van der Waals surface area contributed by atoms with Crippen molar-refractivity contribution in [3.8, 4) is 0 Å². The number of ether oxygens (including phenoxy) is 1. The molecule has 0 spiro atoms. The summed E-state index contributed by atoms with van der Waals surface area (Å²) in [7, 11) is -0.534. The number of allylic oxidation sites excluding steroid dienone is 1. The summed E-state index contributed by atoms with van der Waals surface area (Å²) in [6.07, 6.45) is 8.98. The van der Waals surface area contributed by atoms with Gasteiger partial charge in [-0.15, -0.1) is 0 Å². The topological polar surface area (TPSA) is 35.5 Å². The van der Waals surface area contributed by atoms with Crippen molar-refractivity contribution < 1.29 is 14.0 Å². The molecule has 1 atom stereocenters. The molecule has 0 aliphatic rings. The average Bonchev–Trinajstić information content (AvgIpc) is 2.50. The highest BCUT2D eigenvalue weighted by Crippen LogP contribution is 2.43. The molecule has 0 aromatic heterocycles. The van der Waals surface area contributed by atoms with Crippen LogP contribution in [0.4, 0.5) is 0 Å². The molecule has 0 aliphatic carbocycles. The second-order valence-corrected chi connectivity index (χ2v) is 13.1. The van der Waals surface area contributed by atoms with Crippen LogP contribution in [0.25, 0.3) is 0 Å². The van der Waals surface area contributed by atoms with Crippen molar-refractivity contribution in [2.24, 2.45) is 0 Å². The van der Waals surface area contributed by atoms with Crippen LogP contribution in [0, 0.1) is 0 Å². The molecule has 0 aromatic rings. The maximum atomic E-state index is 11.8. The molecule has 142 valence electrons. The molecule has 0 rings (SSSR count). The van der Waals surface area contributed by atoms with Gasteiger partial charge in [0.25, 0.3) is 0 Å². The predicted molar refractivity (Wildman–Crippen MR) is 106 cm³/mol. The SMILES string of the molecule is CCCC/C=C/CC(CC(=O)OC)O[Si](C(C)C)(C(C)C)C(C)C. The lowest BCUT2D eigenvalue weighted by atomic mass is 10.1. The van der Waals surface area contributed by atoms with Gasteiger partial charge in [-0.05, 0) is 29.5 Å². The van der Waals surface area contributed by atoms with Crippen LogP contribution < -0.4 is 0 Å². The highest BCUT2D eigenvalue weighted by atomic mass is 28.4.